The largest absolute Gasteiger partial charge is 0.455 e. The quantitative estimate of drug-likeness (QED) is 0.489. The number of benzene rings is 3. The van der Waals surface area contributed by atoms with Crippen molar-refractivity contribution in [1.82, 2.24) is 15.0 Å². The minimum absolute atomic E-state index is 0.201. The summed E-state index contributed by atoms with van der Waals surface area (Å²) in [6.07, 6.45) is 1.60. The van der Waals surface area contributed by atoms with Gasteiger partial charge in [0.2, 0.25) is 0 Å². The Bertz CT molecular complexity index is 1110. The van der Waals surface area contributed by atoms with Crippen molar-refractivity contribution in [3.05, 3.63) is 101 Å². The first-order chi connectivity index (χ1) is 14.2. The number of nitrogens with one attached hydrogen (secondary N) is 1. The van der Waals surface area contributed by atoms with Gasteiger partial charge in [0, 0.05) is 5.02 Å². The van der Waals surface area contributed by atoms with E-state index in [9.17, 15) is 4.79 Å². The lowest BCUT2D eigenvalue weighted by molar-refractivity contribution is 0.102. The molecule has 0 saturated carbocycles. The van der Waals surface area contributed by atoms with Gasteiger partial charge in [-0.2, -0.15) is 0 Å². The Kier molecular flexibility index (Phi) is 5.54. The molecule has 0 bridgehead atoms. The molecule has 1 aromatic heterocycles. The maximum absolute atomic E-state index is 12.7. The highest BCUT2D eigenvalue weighted by atomic mass is 35.5. The molecule has 4 aromatic rings. The van der Waals surface area contributed by atoms with E-state index < -0.39 is 5.91 Å². The third-order valence-electron chi connectivity index (χ3n) is 4.12. The Morgan fingerprint density at radius 2 is 1.72 bits per heavy atom. The number of hydrogen-bond donors (Lipinski definition) is 1. The van der Waals surface area contributed by atoms with Crippen LogP contribution in [0.4, 0.5) is 5.69 Å². The second-order valence-corrected chi connectivity index (χ2v) is 6.73. The van der Waals surface area contributed by atoms with Gasteiger partial charge in [0.05, 0.1) is 18.4 Å². The smallest absolute Gasteiger partial charge is 0.277 e. The first kappa shape index (κ1) is 18.7. The van der Waals surface area contributed by atoms with Gasteiger partial charge in [0.15, 0.2) is 11.4 Å². The van der Waals surface area contributed by atoms with Crippen molar-refractivity contribution in [3.8, 4) is 11.5 Å². The third kappa shape index (κ3) is 4.80. The highest BCUT2D eigenvalue weighted by Gasteiger charge is 2.15. The van der Waals surface area contributed by atoms with Crippen LogP contribution in [0, 0.1) is 0 Å². The van der Waals surface area contributed by atoms with Gasteiger partial charge in [-0.15, -0.1) is 5.10 Å². The summed E-state index contributed by atoms with van der Waals surface area (Å²) in [7, 11) is 0. The number of hydrogen-bond acceptors (Lipinski definition) is 4. The molecule has 6 nitrogen and oxygen atoms in total. The van der Waals surface area contributed by atoms with Crippen LogP contribution >= 0.6 is 11.6 Å². The second kappa shape index (κ2) is 8.58. The molecular formula is C22H17ClN4O2. The minimum atomic E-state index is -0.399. The second-order valence-electron chi connectivity index (χ2n) is 6.30. The van der Waals surface area contributed by atoms with Crippen LogP contribution in [0.15, 0.2) is 85.1 Å². The number of halogens is 1. The Morgan fingerprint density at radius 1 is 1.00 bits per heavy atom. The van der Waals surface area contributed by atoms with Gasteiger partial charge in [-0.1, -0.05) is 65.3 Å². The van der Waals surface area contributed by atoms with E-state index in [-0.39, 0.29) is 5.69 Å². The number of aromatic nitrogens is 3. The summed E-state index contributed by atoms with van der Waals surface area (Å²) < 4.78 is 7.49. The van der Waals surface area contributed by atoms with Gasteiger partial charge >= 0.3 is 0 Å². The molecule has 1 N–H and O–H groups in total. The van der Waals surface area contributed by atoms with E-state index in [2.05, 4.69) is 15.6 Å². The lowest BCUT2D eigenvalue weighted by Gasteiger charge is -2.12. The van der Waals surface area contributed by atoms with Crippen LogP contribution in [0.3, 0.4) is 0 Å². The number of nitrogens with zero attached hydrogens (tertiary/aromatic N) is 3. The highest BCUT2D eigenvalue weighted by molar-refractivity contribution is 6.31. The highest BCUT2D eigenvalue weighted by Crippen LogP contribution is 2.32. The topological polar surface area (TPSA) is 69.0 Å². The predicted molar refractivity (Wildman–Crippen MR) is 111 cm³/mol. The Balaban J connectivity index is 1.50. The first-order valence-corrected chi connectivity index (χ1v) is 9.33. The molecule has 7 heteroatoms. The molecule has 29 heavy (non-hydrogen) atoms. The fraction of sp³-hybridized carbons (Fsp3) is 0.0455. The van der Waals surface area contributed by atoms with Crippen LogP contribution in [-0.2, 0) is 6.54 Å². The lowest BCUT2D eigenvalue weighted by atomic mass is 10.2. The molecule has 0 aliphatic carbocycles. The number of ether oxygens (including phenoxy) is 1. The van der Waals surface area contributed by atoms with Crippen LogP contribution in [0.25, 0.3) is 0 Å². The number of carbonyl (C=O) groups is 1. The molecule has 0 aliphatic heterocycles. The number of amides is 1. The van der Waals surface area contributed by atoms with E-state index in [1.807, 2.05) is 60.7 Å². The van der Waals surface area contributed by atoms with E-state index >= 15 is 0 Å². The molecule has 0 spiro atoms. The molecule has 0 aliphatic rings. The van der Waals surface area contributed by atoms with E-state index in [1.54, 1.807) is 29.1 Å². The van der Waals surface area contributed by atoms with Crippen molar-refractivity contribution >= 4 is 23.2 Å². The zero-order valence-corrected chi connectivity index (χ0v) is 16.1. The normalized spacial score (nSPS) is 10.5. The summed E-state index contributed by atoms with van der Waals surface area (Å²) in [6.45, 7) is 0.528. The van der Waals surface area contributed by atoms with Crippen molar-refractivity contribution in [3.63, 3.8) is 0 Å². The average molecular weight is 405 g/mol. The third-order valence-corrected chi connectivity index (χ3v) is 4.35. The van der Waals surface area contributed by atoms with Gasteiger partial charge in [0.25, 0.3) is 5.91 Å². The van der Waals surface area contributed by atoms with Gasteiger partial charge < -0.3 is 10.1 Å². The fourth-order valence-corrected chi connectivity index (χ4v) is 2.91. The van der Waals surface area contributed by atoms with E-state index in [0.717, 1.165) is 5.56 Å². The molecule has 1 heterocycles. The monoisotopic (exact) mass is 404 g/mol. The number of rotatable bonds is 6. The summed E-state index contributed by atoms with van der Waals surface area (Å²) >= 11 is 6.10. The number of anilines is 1. The number of para-hydroxylation sites is 1. The maximum Gasteiger partial charge on any atom is 0.277 e. The van der Waals surface area contributed by atoms with Gasteiger partial charge in [-0.05, 0) is 35.9 Å². The van der Waals surface area contributed by atoms with Crippen LogP contribution in [0.1, 0.15) is 16.1 Å². The molecule has 0 radical (unpaired) electrons. The van der Waals surface area contributed by atoms with Gasteiger partial charge in [-0.3, -0.25) is 4.79 Å². The first-order valence-electron chi connectivity index (χ1n) is 8.95. The Labute approximate surface area is 172 Å². The summed E-state index contributed by atoms with van der Waals surface area (Å²) in [5.41, 5.74) is 1.72. The fourth-order valence-electron chi connectivity index (χ4n) is 2.74. The average Bonchev–Trinajstić information content (AvgIpc) is 3.20. The Morgan fingerprint density at radius 3 is 2.48 bits per heavy atom. The SMILES string of the molecule is O=C(Nc1cc(Cl)ccc1Oc1ccccc1)c1cn(Cc2ccccc2)nn1. The molecule has 0 saturated heterocycles. The van der Waals surface area contributed by atoms with Crippen molar-refractivity contribution in [2.75, 3.05) is 5.32 Å². The van der Waals surface area contributed by atoms with Crippen LogP contribution in [0.5, 0.6) is 11.5 Å². The summed E-state index contributed by atoms with van der Waals surface area (Å²) in [4.78, 5) is 12.7. The van der Waals surface area contributed by atoms with Crippen molar-refractivity contribution in [2.24, 2.45) is 0 Å². The zero-order chi connectivity index (χ0) is 20.1. The summed E-state index contributed by atoms with van der Waals surface area (Å²) in [5, 5.41) is 11.3. The van der Waals surface area contributed by atoms with Crippen LogP contribution < -0.4 is 10.1 Å². The standard InChI is InChI=1S/C22H17ClN4O2/c23-17-11-12-21(29-18-9-5-2-6-10-18)19(13-17)24-22(28)20-15-27(26-25-20)14-16-7-3-1-4-8-16/h1-13,15H,14H2,(H,24,28). The molecule has 4 rings (SSSR count). The Hall–Kier alpha value is -3.64. The minimum Gasteiger partial charge on any atom is -0.455 e. The molecule has 0 fully saturated rings. The van der Waals surface area contributed by atoms with Gasteiger partial charge in [0.1, 0.15) is 5.75 Å². The molecule has 144 valence electrons. The number of carbonyl (C=O) groups excluding carboxylic acids is 1. The maximum atomic E-state index is 12.7. The zero-order valence-electron chi connectivity index (χ0n) is 15.3. The molecule has 0 atom stereocenters. The molecule has 3 aromatic carbocycles. The van der Waals surface area contributed by atoms with Crippen LogP contribution in [0.2, 0.25) is 5.02 Å². The van der Waals surface area contributed by atoms with Crippen molar-refractivity contribution < 1.29 is 9.53 Å². The van der Waals surface area contributed by atoms with Crippen LogP contribution in [-0.4, -0.2) is 20.9 Å². The van der Waals surface area contributed by atoms with E-state index in [1.165, 1.54) is 0 Å². The molecule has 1 amide bonds. The van der Waals surface area contributed by atoms with Crippen molar-refractivity contribution in [1.29, 1.82) is 0 Å². The molecule has 0 unspecified atom stereocenters. The summed E-state index contributed by atoms with van der Waals surface area (Å²) in [5.74, 6) is 0.731. The van der Waals surface area contributed by atoms with Gasteiger partial charge in [-0.25, -0.2) is 4.68 Å². The lowest BCUT2D eigenvalue weighted by Crippen LogP contribution is -2.13. The summed E-state index contributed by atoms with van der Waals surface area (Å²) in [6, 6.07) is 24.2. The van der Waals surface area contributed by atoms with Crippen molar-refractivity contribution in [2.45, 2.75) is 6.54 Å². The predicted octanol–water partition coefficient (Wildman–Crippen LogP) is 5.02. The van der Waals surface area contributed by atoms with E-state index in [4.69, 9.17) is 16.3 Å². The van der Waals surface area contributed by atoms with E-state index in [0.29, 0.717) is 28.8 Å². The molecular weight excluding hydrogens is 388 g/mol.